The first-order chi connectivity index (χ1) is 29.7. The predicted molar refractivity (Wildman–Crippen MR) is 242 cm³/mol. The highest BCUT2D eigenvalue weighted by Gasteiger charge is 2.50. The number of allylic oxidation sites excluding steroid dienone is 1. The molecule has 1 spiro atoms. The van der Waals surface area contributed by atoms with Crippen molar-refractivity contribution in [3.05, 3.63) is 257 Å². The fourth-order valence-corrected chi connectivity index (χ4v) is 10.1. The zero-order valence-corrected chi connectivity index (χ0v) is 32.8. The van der Waals surface area contributed by atoms with Crippen LogP contribution in [0.5, 0.6) is 11.5 Å². The summed E-state index contributed by atoms with van der Waals surface area (Å²) in [6.07, 6.45) is 3.27. The van der Waals surface area contributed by atoms with E-state index in [2.05, 4.69) is 206 Å². The lowest BCUT2D eigenvalue weighted by Gasteiger charge is -2.39. The summed E-state index contributed by atoms with van der Waals surface area (Å²) in [4.78, 5) is 10.6. The minimum atomic E-state index is -0.493. The van der Waals surface area contributed by atoms with Crippen LogP contribution in [0.25, 0.3) is 50.5 Å². The Morgan fingerprint density at radius 3 is 1.78 bits per heavy atom. The van der Waals surface area contributed by atoms with Crippen molar-refractivity contribution in [1.29, 1.82) is 0 Å². The average Bonchev–Trinajstić information content (AvgIpc) is 3.62. The molecule has 3 heteroatoms. The zero-order valence-electron chi connectivity index (χ0n) is 32.8. The number of benzene rings is 8. The number of ether oxygens (including phenoxy) is 1. The molecule has 0 N–H and O–H groups in total. The van der Waals surface area contributed by atoms with Crippen LogP contribution in [0.3, 0.4) is 0 Å². The first kappa shape index (κ1) is 34.4. The van der Waals surface area contributed by atoms with E-state index in [-0.39, 0.29) is 0 Å². The molecule has 1 aliphatic heterocycles. The number of para-hydroxylation sites is 1. The summed E-state index contributed by atoms with van der Waals surface area (Å²) in [5.74, 6) is 2.73. The van der Waals surface area contributed by atoms with Crippen molar-refractivity contribution in [2.45, 2.75) is 17.8 Å². The van der Waals surface area contributed by atoms with E-state index >= 15 is 0 Å². The number of hydrogen-bond donors (Lipinski definition) is 0. The van der Waals surface area contributed by atoms with Crippen LogP contribution in [0.1, 0.15) is 57.0 Å². The molecule has 9 aromatic rings. The quantitative estimate of drug-likeness (QED) is 0.175. The van der Waals surface area contributed by atoms with Gasteiger partial charge in [0.1, 0.15) is 11.5 Å². The van der Waals surface area contributed by atoms with Crippen molar-refractivity contribution in [3.63, 3.8) is 0 Å². The minimum absolute atomic E-state index is 0.292. The third-order valence-electron chi connectivity index (χ3n) is 12.8. The second kappa shape index (κ2) is 13.8. The van der Waals surface area contributed by atoms with Gasteiger partial charge in [0.25, 0.3) is 0 Å². The highest BCUT2D eigenvalue weighted by atomic mass is 16.5. The Morgan fingerprint density at radius 2 is 1.00 bits per heavy atom. The molecular formula is C57H38N2O. The summed E-state index contributed by atoms with van der Waals surface area (Å²) in [5, 5.41) is 0. The van der Waals surface area contributed by atoms with Gasteiger partial charge in [0.2, 0.25) is 0 Å². The van der Waals surface area contributed by atoms with Gasteiger partial charge in [-0.2, -0.15) is 0 Å². The molecule has 0 fully saturated rings. The van der Waals surface area contributed by atoms with Gasteiger partial charge in [-0.25, -0.2) is 9.97 Å². The van der Waals surface area contributed by atoms with E-state index in [1.54, 1.807) is 0 Å². The normalized spacial score (nSPS) is 15.1. The predicted octanol–water partition coefficient (Wildman–Crippen LogP) is 13.9. The Labute approximate surface area is 350 Å². The molecule has 8 aromatic carbocycles. The summed E-state index contributed by atoms with van der Waals surface area (Å²) in [5.41, 5.74) is 17.9. The smallest absolute Gasteiger partial charge is 0.160 e. The maximum absolute atomic E-state index is 6.85. The maximum atomic E-state index is 6.85. The Hall–Kier alpha value is -7.62. The van der Waals surface area contributed by atoms with E-state index < -0.39 is 5.41 Å². The summed E-state index contributed by atoms with van der Waals surface area (Å²) < 4.78 is 6.85. The number of aromatic nitrogens is 2. The Balaban J connectivity index is 0.980. The summed E-state index contributed by atoms with van der Waals surface area (Å²) in [6, 6.07) is 73.8. The van der Waals surface area contributed by atoms with Crippen molar-refractivity contribution < 1.29 is 4.74 Å². The van der Waals surface area contributed by atoms with Crippen LogP contribution in [0.15, 0.2) is 212 Å². The third kappa shape index (κ3) is 5.29. The van der Waals surface area contributed by atoms with Crippen molar-refractivity contribution in [3.8, 4) is 56.4 Å². The third-order valence-corrected chi connectivity index (χ3v) is 12.8. The van der Waals surface area contributed by atoms with E-state index in [9.17, 15) is 0 Å². The number of nitrogens with zero attached hydrogens (tertiary/aromatic N) is 2. The van der Waals surface area contributed by atoms with Crippen LogP contribution in [0.2, 0.25) is 0 Å². The van der Waals surface area contributed by atoms with Gasteiger partial charge in [-0.15, -0.1) is 0 Å². The summed E-state index contributed by atoms with van der Waals surface area (Å²) >= 11 is 0. The standard InChI is InChI=1S/C57H38N2O/c1-3-16-37(17-4-1)42-31-32-47(44-23-8-7-22-43(42)44)53-36-52(38-18-5-2-6-19-38)58-56(59-53)41-21-15-20-39(34-41)40-30-33-51-55(35-40)60-54-29-14-13-28-50(54)57(51)48-26-11-9-24-45(48)46-25-10-12-27-49(46)57/h1-30,32-36,42H,31H2. The van der Waals surface area contributed by atoms with E-state index in [1.165, 1.54) is 44.5 Å². The van der Waals surface area contributed by atoms with Gasteiger partial charge < -0.3 is 4.74 Å². The van der Waals surface area contributed by atoms with Crippen LogP contribution in [0, 0.1) is 0 Å². The number of fused-ring (bicyclic) bond motifs is 10. The second-order valence-corrected chi connectivity index (χ2v) is 16.0. The molecule has 282 valence electrons. The number of rotatable bonds is 5. The molecule has 1 atom stereocenters. The molecule has 2 heterocycles. The van der Waals surface area contributed by atoms with Crippen LogP contribution in [-0.4, -0.2) is 9.97 Å². The van der Waals surface area contributed by atoms with Gasteiger partial charge in [0, 0.05) is 33.7 Å². The Kier molecular flexibility index (Phi) is 7.89. The molecule has 0 saturated heterocycles. The summed E-state index contributed by atoms with van der Waals surface area (Å²) in [6.45, 7) is 0. The maximum Gasteiger partial charge on any atom is 0.160 e. The lowest BCUT2D eigenvalue weighted by Crippen LogP contribution is -2.32. The van der Waals surface area contributed by atoms with Crippen LogP contribution < -0.4 is 4.74 Å². The van der Waals surface area contributed by atoms with E-state index in [0.717, 1.165) is 62.7 Å². The molecule has 0 bridgehead atoms. The molecular weight excluding hydrogens is 729 g/mol. The molecule has 2 aliphatic carbocycles. The van der Waals surface area contributed by atoms with Gasteiger partial charge in [-0.1, -0.05) is 188 Å². The number of hydrogen-bond acceptors (Lipinski definition) is 3. The fourth-order valence-electron chi connectivity index (χ4n) is 10.1. The molecule has 12 rings (SSSR count). The van der Waals surface area contributed by atoms with E-state index in [1.807, 2.05) is 6.07 Å². The van der Waals surface area contributed by atoms with Gasteiger partial charge in [0.15, 0.2) is 5.82 Å². The van der Waals surface area contributed by atoms with Crippen LogP contribution in [0.4, 0.5) is 0 Å². The van der Waals surface area contributed by atoms with Gasteiger partial charge in [-0.05, 0) is 80.8 Å². The van der Waals surface area contributed by atoms with Crippen LogP contribution in [-0.2, 0) is 5.41 Å². The highest BCUT2D eigenvalue weighted by molar-refractivity contribution is 5.89. The van der Waals surface area contributed by atoms with Gasteiger partial charge in [-0.3, -0.25) is 0 Å². The molecule has 0 amide bonds. The first-order valence-corrected chi connectivity index (χ1v) is 20.8. The summed E-state index contributed by atoms with van der Waals surface area (Å²) in [7, 11) is 0. The second-order valence-electron chi connectivity index (χ2n) is 16.0. The van der Waals surface area contributed by atoms with Crippen molar-refractivity contribution in [2.24, 2.45) is 0 Å². The molecule has 3 nitrogen and oxygen atoms in total. The molecule has 0 saturated carbocycles. The molecule has 60 heavy (non-hydrogen) atoms. The monoisotopic (exact) mass is 766 g/mol. The van der Waals surface area contributed by atoms with Crippen LogP contribution >= 0.6 is 0 Å². The van der Waals surface area contributed by atoms with Crippen molar-refractivity contribution in [2.75, 3.05) is 0 Å². The lowest BCUT2D eigenvalue weighted by atomic mass is 9.66. The molecule has 1 unspecified atom stereocenters. The van der Waals surface area contributed by atoms with Gasteiger partial charge in [0.05, 0.1) is 16.8 Å². The van der Waals surface area contributed by atoms with Crippen molar-refractivity contribution >= 4 is 5.57 Å². The first-order valence-electron chi connectivity index (χ1n) is 20.8. The van der Waals surface area contributed by atoms with E-state index in [0.29, 0.717) is 11.7 Å². The Morgan fingerprint density at radius 1 is 0.417 bits per heavy atom. The topological polar surface area (TPSA) is 35.0 Å². The molecule has 1 aromatic heterocycles. The largest absolute Gasteiger partial charge is 0.457 e. The highest BCUT2D eigenvalue weighted by Crippen LogP contribution is 2.62. The zero-order chi connectivity index (χ0) is 39.6. The average molecular weight is 767 g/mol. The fraction of sp³-hybridized carbons (Fsp3) is 0.0526. The SMILES string of the molecule is C1=C(c2cc(-c3ccccc3)nc(-c3cccc(-c4ccc5c(c4)Oc4ccccc4C54c5ccccc5-c5ccccc54)c3)n2)c2ccccc2C(c2ccccc2)C1. The van der Waals surface area contributed by atoms with Crippen molar-refractivity contribution in [1.82, 2.24) is 9.97 Å². The van der Waals surface area contributed by atoms with E-state index in [4.69, 9.17) is 14.7 Å². The molecule has 3 aliphatic rings. The van der Waals surface area contributed by atoms with Gasteiger partial charge >= 0.3 is 0 Å². The molecule has 0 radical (unpaired) electrons. The Bertz CT molecular complexity index is 3120. The minimum Gasteiger partial charge on any atom is -0.457 e. The lowest BCUT2D eigenvalue weighted by molar-refractivity contribution is 0.436.